The van der Waals surface area contributed by atoms with Crippen molar-refractivity contribution >= 4 is 11.8 Å². The second-order valence-corrected chi connectivity index (χ2v) is 4.15. The molecular formula is C8H19NOS. The zero-order valence-electron chi connectivity index (χ0n) is 7.51. The monoisotopic (exact) mass is 177 g/mol. The van der Waals surface area contributed by atoms with E-state index in [-0.39, 0.29) is 0 Å². The van der Waals surface area contributed by atoms with E-state index in [1.165, 1.54) is 5.75 Å². The summed E-state index contributed by atoms with van der Waals surface area (Å²) in [7, 11) is 1.75. The van der Waals surface area contributed by atoms with Crippen molar-refractivity contribution in [1.82, 2.24) is 0 Å². The van der Waals surface area contributed by atoms with Gasteiger partial charge in [0.15, 0.2) is 0 Å². The number of hydrogen-bond acceptors (Lipinski definition) is 3. The Hall–Kier alpha value is 0.270. The Labute approximate surface area is 73.9 Å². The smallest absolute Gasteiger partial charge is 0.0472 e. The molecule has 1 unspecified atom stereocenters. The lowest BCUT2D eigenvalue weighted by Gasteiger charge is -2.09. The van der Waals surface area contributed by atoms with Crippen molar-refractivity contribution in [2.75, 3.05) is 26.0 Å². The molecule has 0 spiro atoms. The van der Waals surface area contributed by atoms with Gasteiger partial charge in [0.25, 0.3) is 0 Å². The number of nitrogens with two attached hydrogens (primary N) is 1. The summed E-state index contributed by atoms with van der Waals surface area (Å²) < 4.78 is 4.98. The van der Waals surface area contributed by atoms with Crippen LogP contribution in [0.15, 0.2) is 0 Å². The van der Waals surface area contributed by atoms with Crippen molar-refractivity contribution < 1.29 is 4.74 Å². The van der Waals surface area contributed by atoms with Crippen LogP contribution in [0.25, 0.3) is 0 Å². The third-order valence-electron chi connectivity index (χ3n) is 1.48. The zero-order valence-corrected chi connectivity index (χ0v) is 8.32. The van der Waals surface area contributed by atoms with Gasteiger partial charge in [-0.3, -0.25) is 0 Å². The van der Waals surface area contributed by atoms with E-state index in [1.807, 2.05) is 11.8 Å². The van der Waals surface area contributed by atoms with Crippen LogP contribution >= 0.6 is 11.8 Å². The molecule has 3 heteroatoms. The van der Waals surface area contributed by atoms with Gasteiger partial charge in [0, 0.05) is 19.0 Å². The molecule has 0 fully saturated rings. The van der Waals surface area contributed by atoms with Gasteiger partial charge >= 0.3 is 0 Å². The molecule has 0 aliphatic heterocycles. The summed E-state index contributed by atoms with van der Waals surface area (Å²) in [6.07, 6.45) is 2.27. The quantitative estimate of drug-likeness (QED) is 0.598. The van der Waals surface area contributed by atoms with Gasteiger partial charge in [-0.1, -0.05) is 6.92 Å². The highest BCUT2D eigenvalue weighted by Gasteiger charge is 2.00. The normalized spacial score (nSPS) is 13.4. The first-order valence-corrected chi connectivity index (χ1v) is 5.16. The van der Waals surface area contributed by atoms with Crippen LogP contribution in [-0.2, 0) is 4.74 Å². The van der Waals surface area contributed by atoms with Crippen molar-refractivity contribution in [3.8, 4) is 0 Å². The molecule has 0 saturated heterocycles. The summed E-state index contributed by atoms with van der Waals surface area (Å²) >= 11 is 1.98. The first-order valence-electron chi connectivity index (χ1n) is 4.12. The van der Waals surface area contributed by atoms with Gasteiger partial charge in [0.1, 0.15) is 0 Å². The second kappa shape index (κ2) is 8.37. The van der Waals surface area contributed by atoms with Crippen LogP contribution in [0.2, 0.25) is 0 Å². The van der Waals surface area contributed by atoms with Crippen LogP contribution in [0.3, 0.4) is 0 Å². The second-order valence-electron chi connectivity index (χ2n) is 2.61. The molecular weight excluding hydrogens is 158 g/mol. The molecule has 0 aromatic carbocycles. The van der Waals surface area contributed by atoms with Crippen LogP contribution in [0, 0.1) is 0 Å². The minimum atomic E-state index is 0.710. The van der Waals surface area contributed by atoms with E-state index < -0.39 is 0 Å². The van der Waals surface area contributed by atoms with E-state index in [0.29, 0.717) is 5.25 Å². The third-order valence-corrected chi connectivity index (χ3v) is 2.81. The molecule has 0 rings (SSSR count). The maximum atomic E-state index is 5.38. The highest BCUT2D eigenvalue weighted by Crippen LogP contribution is 2.14. The Bertz CT molecular complexity index is 80.5. The van der Waals surface area contributed by atoms with Crippen molar-refractivity contribution in [2.24, 2.45) is 5.73 Å². The standard InChI is InChI=1S/C8H19NOS/c1-8(4-6-10-2)11-7-3-5-9/h8H,3-7,9H2,1-2H3. The molecule has 0 aromatic rings. The van der Waals surface area contributed by atoms with Crippen molar-refractivity contribution in [2.45, 2.75) is 25.0 Å². The van der Waals surface area contributed by atoms with Gasteiger partial charge in [0.05, 0.1) is 0 Å². The van der Waals surface area contributed by atoms with E-state index >= 15 is 0 Å². The minimum Gasteiger partial charge on any atom is -0.385 e. The molecule has 2 nitrogen and oxygen atoms in total. The molecule has 2 N–H and O–H groups in total. The van der Waals surface area contributed by atoms with Crippen LogP contribution in [0.1, 0.15) is 19.8 Å². The molecule has 0 aliphatic rings. The van der Waals surface area contributed by atoms with Gasteiger partial charge in [0.2, 0.25) is 0 Å². The van der Waals surface area contributed by atoms with E-state index in [0.717, 1.165) is 26.0 Å². The Morgan fingerprint density at radius 1 is 1.55 bits per heavy atom. The zero-order chi connectivity index (χ0) is 8.53. The summed E-state index contributed by atoms with van der Waals surface area (Å²) in [6, 6.07) is 0. The molecule has 68 valence electrons. The predicted molar refractivity (Wildman–Crippen MR) is 52.1 cm³/mol. The van der Waals surface area contributed by atoms with Crippen LogP contribution in [0.5, 0.6) is 0 Å². The molecule has 0 aliphatic carbocycles. The molecule has 0 amide bonds. The van der Waals surface area contributed by atoms with Crippen LogP contribution < -0.4 is 5.73 Å². The fraction of sp³-hybridized carbons (Fsp3) is 1.00. The average molecular weight is 177 g/mol. The fourth-order valence-corrected chi connectivity index (χ4v) is 1.73. The Morgan fingerprint density at radius 3 is 2.82 bits per heavy atom. The lowest BCUT2D eigenvalue weighted by molar-refractivity contribution is 0.195. The van der Waals surface area contributed by atoms with E-state index in [2.05, 4.69) is 6.92 Å². The summed E-state index contributed by atoms with van der Waals surface area (Å²) in [5.41, 5.74) is 5.38. The maximum absolute atomic E-state index is 5.38. The number of methoxy groups -OCH3 is 1. The van der Waals surface area contributed by atoms with Crippen molar-refractivity contribution in [3.05, 3.63) is 0 Å². The van der Waals surface area contributed by atoms with Crippen molar-refractivity contribution in [1.29, 1.82) is 0 Å². The molecule has 0 radical (unpaired) electrons. The molecule has 0 heterocycles. The molecule has 0 aromatic heterocycles. The van der Waals surface area contributed by atoms with Gasteiger partial charge in [-0.15, -0.1) is 0 Å². The first-order chi connectivity index (χ1) is 5.31. The Morgan fingerprint density at radius 2 is 2.27 bits per heavy atom. The lowest BCUT2D eigenvalue weighted by atomic mass is 10.3. The average Bonchev–Trinajstić information content (AvgIpc) is 2.01. The summed E-state index contributed by atoms with van der Waals surface area (Å²) in [5, 5.41) is 0.710. The fourth-order valence-electron chi connectivity index (χ4n) is 0.735. The first kappa shape index (κ1) is 11.3. The summed E-state index contributed by atoms with van der Waals surface area (Å²) in [6.45, 7) is 3.92. The van der Waals surface area contributed by atoms with E-state index in [9.17, 15) is 0 Å². The highest BCUT2D eigenvalue weighted by atomic mass is 32.2. The Balaban J connectivity index is 3.02. The largest absolute Gasteiger partial charge is 0.385 e. The molecule has 0 bridgehead atoms. The topological polar surface area (TPSA) is 35.2 Å². The maximum Gasteiger partial charge on any atom is 0.0472 e. The number of rotatable bonds is 7. The number of hydrogen-bond donors (Lipinski definition) is 1. The van der Waals surface area contributed by atoms with E-state index in [1.54, 1.807) is 7.11 Å². The third kappa shape index (κ3) is 8.17. The van der Waals surface area contributed by atoms with E-state index in [4.69, 9.17) is 10.5 Å². The summed E-state index contributed by atoms with van der Waals surface area (Å²) in [4.78, 5) is 0. The van der Waals surface area contributed by atoms with Crippen LogP contribution in [0.4, 0.5) is 0 Å². The van der Waals surface area contributed by atoms with Crippen LogP contribution in [-0.4, -0.2) is 31.3 Å². The minimum absolute atomic E-state index is 0.710. The van der Waals surface area contributed by atoms with Gasteiger partial charge in [-0.05, 0) is 25.1 Å². The van der Waals surface area contributed by atoms with Gasteiger partial charge < -0.3 is 10.5 Å². The molecule has 0 saturated carbocycles. The lowest BCUT2D eigenvalue weighted by Crippen LogP contribution is -2.05. The number of ether oxygens (including phenoxy) is 1. The number of thioether (sulfide) groups is 1. The predicted octanol–water partition coefficient (Wildman–Crippen LogP) is 1.49. The van der Waals surface area contributed by atoms with Gasteiger partial charge in [-0.25, -0.2) is 0 Å². The summed E-state index contributed by atoms with van der Waals surface area (Å²) in [5.74, 6) is 1.18. The molecule has 11 heavy (non-hydrogen) atoms. The molecule has 1 atom stereocenters. The highest BCUT2D eigenvalue weighted by molar-refractivity contribution is 7.99. The Kier molecular flexibility index (Phi) is 8.57. The SMILES string of the molecule is COCCC(C)SCCCN. The van der Waals surface area contributed by atoms with Crippen molar-refractivity contribution in [3.63, 3.8) is 0 Å². The van der Waals surface area contributed by atoms with Gasteiger partial charge in [-0.2, -0.15) is 11.8 Å².